The van der Waals surface area contributed by atoms with Crippen molar-refractivity contribution in [2.45, 2.75) is 33.4 Å². The van der Waals surface area contributed by atoms with Crippen LogP contribution in [0.1, 0.15) is 39.0 Å². The first kappa shape index (κ1) is 24.3. The van der Waals surface area contributed by atoms with Crippen LogP contribution in [0.5, 0.6) is 0 Å². The van der Waals surface area contributed by atoms with Gasteiger partial charge in [-0.1, -0.05) is 43.7 Å². The van der Waals surface area contributed by atoms with E-state index in [1.54, 1.807) is 25.2 Å². The van der Waals surface area contributed by atoms with Gasteiger partial charge in [-0.15, -0.1) is 12.3 Å². The molecule has 154 valence electrons. The van der Waals surface area contributed by atoms with Crippen molar-refractivity contribution in [3.8, 4) is 12.3 Å². The van der Waals surface area contributed by atoms with E-state index in [2.05, 4.69) is 58.0 Å². The van der Waals surface area contributed by atoms with E-state index in [4.69, 9.17) is 4.74 Å². The van der Waals surface area contributed by atoms with Crippen LogP contribution < -0.4 is 10.0 Å². The number of rotatable bonds is 10. The second-order valence-electron chi connectivity index (χ2n) is 5.75. The Morgan fingerprint density at radius 3 is 2.72 bits per heavy atom. The van der Waals surface area contributed by atoms with Gasteiger partial charge in [0.2, 0.25) is 0 Å². The fourth-order valence-electron chi connectivity index (χ4n) is 2.40. The third-order valence-corrected chi connectivity index (χ3v) is 4.51. The van der Waals surface area contributed by atoms with Crippen molar-refractivity contribution < 1.29 is 4.74 Å². The summed E-state index contributed by atoms with van der Waals surface area (Å²) in [5, 5.41) is 3.35. The molecule has 1 heterocycles. The van der Waals surface area contributed by atoms with Gasteiger partial charge < -0.3 is 10.1 Å². The maximum Gasteiger partial charge on any atom is 0.134 e. The summed E-state index contributed by atoms with van der Waals surface area (Å²) < 4.78 is 8.78. The van der Waals surface area contributed by atoms with Gasteiger partial charge >= 0.3 is 0 Å². The summed E-state index contributed by atoms with van der Waals surface area (Å²) in [6.45, 7) is 13.1. The molecule has 0 saturated heterocycles. The number of allylic oxidation sites excluding steroid dienone is 2. The van der Waals surface area contributed by atoms with Crippen LogP contribution in [-0.4, -0.2) is 23.1 Å². The van der Waals surface area contributed by atoms with Crippen molar-refractivity contribution in [1.29, 1.82) is 0 Å². The summed E-state index contributed by atoms with van der Waals surface area (Å²) in [6.07, 6.45) is 8.09. The maximum absolute atomic E-state index is 5.52. The highest BCUT2D eigenvalue weighted by Gasteiger charge is 2.09. The van der Waals surface area contributed by atoms with E-state index in [0.717, 1.165) is 35.1 Å². The van der Waals surface area contributed by atoms with Gasteiger partial charge in [-0.05, 0) is 38.5 Å². The number of hydrogen-bond acceptors (Lipinski definition) is 6. The maximum atomic E-state index is 5.52. The Bertz CT molecular complexity index is 843. The molecule has 1 aromatic heterocycles. The number of nitrogens with zero attached hydrogens (tertiary/aromatic N) is 2. The van der Waals surface area contributed by atoms with E-state index in [1.807, 2.05) is 38.1 Å². The first-order chi connectivity index (χ1) is 14.1. The Balaban J connectivity index is 0.00000132. The van der Waals surface area contributed by atoms with Gasteiger partial charge in [-0.3, -0.25) is 4.72 Å². The third kappa shape index (κ3) is 8.86. The van der Waals surface area contributed by atoms with Crippen molar-refractivity contribution in [2.24, 2.45) is 0 Å². The minimum atomic E-state index is 0.573. The number of terminal acetylenes is 1. The minimum Gasteiger partial charge on any atom is -0.494 e. The molecule has 0 bridgehead atoms. The van der Waals surface area contributed by atoms with E-state index in [-0.39, 0.29) is 0 Å². The molecule has 0 aliphatic rings. The molecule has 0 aliphatic heterocycles. The topological polar surface area (TPSA) is 59.1 Å². The predicted molar refractivity (Wildman–Crippen MR) is 126 cm³/mol. The zero-order valence-corrected chi connectivity index (χ0v) is 18.5. The monoisotopic (exact) mass is 410 g/mol. The van der Waals surface area contributed by atoms with Gasteiger partial charge in [0.25, 0.3) is 0 Å². The summed E-state index contributed by atoms with van der Waals surface area (Å²) in [5.74, 6) is 4.51. The van der Waals surface area contributed by atoms with E-state index in [0.29, 0.717) is 12.4 Å². The molecule has 29 heavy (non-hydrogen) atoms. The van der Waals surface area contributed by atoms with Crippen LogP contribution in [-0.2, 0) is 10.5 Å². The SMILES string of the molecule is C#CC.C=C(OCC)/C(=C\C)c1cc(Nc2cccc(CSNCC)c2)ncn1. The average molecular weight is 411 g/mol. The van der Waals surface area contributed by atoms with Crippen molar-refractivity contribution in [1.82, 2.24) is 14.7 Å². The highest BCUT2D eigenvalue weighted by Crippen LogP contribution is 2.24. The van der Waals surface area contributed by atoms with Crippen LogP contribution in [0.4, 0.5) is 11.5 Å². The predicted octanol–water partition coefficient (Wildman–Crippen LogP) is 5.57. The molecule has 2 aromatic rings. The molecule has 0 fully saturated rings. The van der Waals surface area contributed by atoms with Crippen LogP contribution in [0.3, 0.4) is 0 Å². The molecule has 0 spiro atoms. The highest BCUT2D eigenvalue weighted by molar-refractivity contribution is 7.96. The number of benzene rings is 1. The van der Waals surface area contributed by atoms with E-state index in [1.165, 1.54) is 5.56 Å². The number of nitrogens with one attached hydrogen (secondary N) is 2. The molecule has 0 unspecified atom stereocenters. The molecule has 0 amide bonds. The van der Waals surface area contributed by atoms with Crippen LogP contribution in [0.25, 0.3) is 5.57 Å². The largest absolute Gasteiger partial charge is 0.494 e. The Hall–Kier alpha value is -2.75. The minimum absolute atomic E-state index is 0.573. The second kappa shape index (κ2) is 14.3. The van der Waals surface area contributed by atoms with Gasteiger partial charge in [-0.2, -0.15) is 0 Å². The van der Waals surface area contributed by atoms with Gasteiger partial charge in [0.1, 0.15) is 17.9 Å². The second-order valence-corrected chi connectivity index (χ2v) is 6.61. The number of anilines is 2. The third-order valence-electron chi connectivity index (χ3n) is 3.54. The fraction of sp³-hybridized carbons (Fsp3) is 0.304. The Labute approximate surface area is 179 Å². The Kier molecular flexibility index (Phi) is 12.0. The Morgan fingerprint density at radius 2 is 2.07 bits per heavy atom. The zero-order chi connectivity index (χ0) is 21.5. The van der Waals surface area contributed by atoms with Crippen LogP contribution in [0, 0.1) is 12.3 Å². The molecule has 6 heteroatoms. The number of hydrogen-bond donors (Lipinski definition) is 2. The summed E-state index contributed by atoms with van der Waals surface area (Å²) in [6, 6.07) is 10.2. The van der Waals surface area contributed by atoms with Crippen molar-refractivity contribution in [2.75, 3.05) is 18.5 Å². The summed E-state index contributed by atoms with van der Waals surface area (Å²) in [5.41, 5.74) is 3.89. The molecule has 2 N–H and O–H groups in total. The lowest BCUT2D eigenvalue weighted by Gasteiger charge is -2.12. The fourth-order valence-corrected chi connectivity index (χ4v) is 3.05. The van der Waals surface area contributed by atoms with Gasteiger partial charge in [0, 0.05) is 29.6 Å². The van der Waals surface area contributed by atoms with Crippen LogP contribution in [0.2, 0.25) is 0 Å². The molecule has 1 aromatic carbocycles. The van der Waals surface area contributed by atoms with Crippen molar-refractivity contribution in [3.05, 3.63) is 66.3 Å². The van der Waals surface area contributed by atoms with Crippen LogP contribution in [0.15, 0.2) is 55.1 Å². The van der Waals surface area contributed by atoms with Gasteiger partial charge in [0.05, 0.1) is 12.3 Å². The smallest absolute Gasteiger partial charge is 0.134 e. The zero-order valence-electron chi connectivity index (χ0n) is 17.7. The lowest BCUT2D eigenvalue weighted by molar-refractivity contribution is 0.247. The summed E-state index contributed by atoms with van der Waals surface area (Å²) in [7, 11) is 0. The normalized spacial score (nSPS) is 10.4. The average Bonchev–Trinajstić information content (AvgIpc) is 2.70. The van der Waals surface area contributed by atoms with E-state index < -0.39 is 0 Å². The number of ether oxygens (including phenoxy) is 1. The van der Waals surface area contributed by atoms with E-state index >= 15 is 0 Å². The van der Waals surface area contributed by atoms with E-state index in [9.17, 15) is 0 Å². The number of aromatic nitrogens is 2. The highest BCUT2D eigenvalue weighted by atomic mass is 32.2. The molecule has 0 atom stereocenters. The molecule has 0 saturated carbocycles. The lowest BCUT2D eigenvalue weighted by Crippen LogP contribution is -2.02. The first-order valence-corrected chi connectivity index (χ1v) is 10.5. The molecule has 0 radical (unpaired) electrons. The molecular weight excluding hydrogens is 380 g/mol. The van der Waals surface area contributed by atoms with Gasteiger partial charge in [0.15, 0.2) is 0 Å². The standard InChI is InChI=1S/C20H26N4OS.C3H4/c1-5-18(15(4)25-7-3)19-12-20(22-14-21-19)24-17-10-8-9-16(11-17)13-26-23-6-2;1-3-2/h5,8-12,14,23H,4,6-7,13H2,1-3H3,(H,21,22,24);1H,2H3/b18-5+;. The first-order valence-electron chi connectivity index (χ1n) is 9.48. The van der Waals surface area contributed by atoms with Crippen LogP contribution >= 0.6 is 11.9 Å². The lowest BCUT2D eigenvalue weighted by atomic mass is 10.1. The quantitative estimate of drug-likeness (QED) is 0.176. The Morgan fingerprint density at radius 1 is 1.31 bits per heavy atom. The van der Waals surface area contributed by atoms with Crippen molar-refractivity contribution in [3.63, 3.8) is 0 Å². The van der Waals surface area contributed by atoms with Crippen molar-refractivity contribution >= 4 is 29.0 Å². The molecule has 0 aliphatic carbocycles. The molecule has 2 rings (SSSR count). The van der Waals surface area contributed by atoms with Gasteiger partial charge in [-0.25, -0.2) is 9.97 Å². The molecular formula is C23H30N4OS. The summed E-state index contributed by atoms with van der Waals surface area (Å²) in [4.78, 5) is 8.68. The summed E-state index contributed by atoms with van der Waals surface area (Å²) >= 11 is 1.70. The molecule has 5 nitrogen and oxygen atoms in total.